The zero-order chi connectivity index (χ0) is 25.2. The minimum Gasteiger partial charge on any atom is -0.424 e. The summed E-state index contributed by atoms with van der Waals surface area (Å²) in [5.74, 6) is 1.05. The van der Waals surface area contributed by atoms with Crippen molar-refractivity contribution >= 4 is 38.9 Å². The number of nitrogens with one attached hydrogen (secondary N) is 1. The average Bonchev–Trinajstić information content (AvgIpc) is 3.23. The number of piperazine rings is 1. The lowest BCUT2D eigenvalue weighted by molar-refractivity contribution is 0.312. The van der Waals surface area contributed by atoms with Crippen LogP contribution in [0.3, 0.4) is 0 Å². The van der Waals surface area contributed by atoms with Crippen LogP contribution in [0.15, 0.2) is 47.4 Å². The van der Waals surface area contributed by atoms with Crippen LogP contribution in [0.25, 0.3) is 0 Å². The number of halogens is 2. The van der Waals surface area contributed by atoms with E-state index in [1.165, 1.54) is 18.2 Å². The molecule has 3 aromatic rings. The van der Waals surface area contributed by atoms with Crippen molar-refractivity contribution in [3.8, 4) is 11.8 Å². The molecule has 1 N–H and O–H groups in total. The van der Waals surface area contributed by atoms with Crippen LogP contribution in [-0.4, -0.2) is 61.3 Å². The number of sulfonamides is 1. The van der Waals surface area contributed by atoms with E-state index in [-0.39, 0.29) is 21.0 Å². The number of anilines is 1. The lowest BCUT2D eigenvalue weighted by atomic mass is 10.2. The molecule has 1 aliphatic heterocycles. The number of aromatic nitrogens is 3. The van der Waals surface area contributed by atoms with Crippen molar-refractivity contribution in [2.24, 2.45) is 0 Å². The Labute approximate surface area is 215 Å². The van der Waals surface area contributed by atoms with Crippen molar-refractivity contribution in [2.75, 3.05) is 38.1 Å². The Bertz CT molecular complexity index is 1290. The fourth-order valence-corrected chi connectivity index (χ4v) is 5.90. The van der Waals surface area contributed by atoms with Gasteiger partial charge in [-0.05, 0) is 51.2 Å². The standard InChI is InChI=1S/C23H28Cl2N6O3S/c1-4-31-22(16(2)28-35(32,33)21-14-17(24)8-9-20(21)25)26-27-23(31)34-19-7-5-6-18(15-19)30-12-10-29(3)11-13-30/h5-9,14-16,28H,4,10-13H2,1-3H3/t16-/m1/s1. The van der Waals surface area contributed by atoms with E-state index >= 15 is 0 Å². The first kappa shape index (κ1) is 25.7. The SMILES string of the molecule is CCn1c(Oc2cccc(N3CCN(C)CC3)c2)nnc1[C@@H](C)NS(=O)(=O)c1cc(Cl)ccc1Cl. The van der Waals surface area contributed by atoms with Gasteiger partial charge in [0.15, 0.2) is 5.82 Å². The highest BCUT2D eigenvalue weighted by molar-refractivity contribution is 7.89. The average molecular weight is 539 g/mol. The van der Waals surface area contributed by atoms with Crippen molar-refractivity contribution in [3.63, 3.8) is 0 Å². The van der Waals surface area contributed by atoms with Gasteiger partial charge in [-0.2, -0.15) is 0 Å². The van der Waals surface area contributed by atoms with E-state index in [4.69, 9.17) is 27.9 Å². The molecular formula is C23H28Cl2N6O3S. The van der Waals surface area contributed by atoms with Gasteiger partial charge in [0.25, 0.3) is 0 Å². The number of benzene rings is 2. The predicted molar refractivity (Wildman–Crippen MR) is 137 cm³/mol. The maximum atomic E-state index is 12.9. The first-order valence-corrected chi connectivity index (χ1v) is 13.5. The number of hydrogen-bond acceptors (Lipinski definition) is 7. The van der Waals surface area contributed by atoms with Gasteiger partial charge in [0.2, 0.25) is 10.0 Å². The second-order valence-corrected chi connectivity index (χ2v) is 10.9. The summed E-state index contributed by atoms with van der Waals surface area (Å²) < 4.78 is 36.3. The number of ether oxygens (including phenoxy) is 1. The Balaban J connectivity index is 1.52. The lowest BCUT2D eigenvalue weighted by Gasteiger charge is -2.34. The summed E-state index contributed by atoms with van der Waals surface area (Å²) in [6.07, 6.45) is 0. The minimum absolute atomic E-state index is 0.0790. The first-order valence-electron chi connectivity index (χ1n) is 11.3. The van der Waals surface area contributed by atoms with Crippen LogP contribution in [0.4, 0.5) is 5.69 Å². The highest BCUT2D eigenvalue weighted by atomic mass is 35.5. The zero-order valence-corrected chi connectivity index (χ0v) is 22.1. The van der Waals surface area contributed by atoms with E-state index in [0.717, 1.165) is 31.9 Å². The van der Waals surface area contributed by atoms with Gasteiger partial charge in [0.05, 0.1) is 11.1 Å². The van der Waals surface area contributed by atoms with E-state index in [1.54, 1.807) is 11.5 Å². The topological polar surface area (TPSA) is 92.6 Å². The molecular weight excluding hydrogens is 511 g/mol. The minimum atomic E-state index is -3.95. The molecule has 1 aromatic heterocycles. The van der Waals surface area contributed by atoms with E-state index in [1.807, 2.05) is 25.1 Å². The fourth-order valence-electron chi connectivity index (χ4n) is 3.94. The van der Waals surface area contributed by atoms with Gasteiger partial charge in [-0.3, -0.25) is 4.57 Å². The Hall–Kier alpha value is -2.37. The summed E-state index contributed by atoms with van der Waals surface area (Å²) in [7, 11) is -1.83. The molecule has 1 saturated heterocycles. The molecule has 1 atom stereocenters. The Kier molecular flexibility index (Phi) is 7.87. The van der Waals surface area contributed by atoms with Crippen molar-refractivity contribution in [1.29, 1.82) is 0 Å². The third-order valence-electron chi connectivity index (χ3n) is 5.86. The maximum absolute atomic E-state index is 12.9. The van der Waals surface area contributed by atoms with Crippen molar-refractivity contribution in [3.05, 3.63) is 58.3 Å². The molecule has 9 nitrogen and oxygen atoms in total. The monoisotopic (exact) mass is 538 g/mol. The summed E-state index contributed by atoms with van der Waals surface area (Å²) in [6.45, 7) is 7.99. The second-order valence-electron chi connectivity index (χ2n) is 8.39. The molecule has 1 fully saturated rings. The molecule has 0 spiro atoms. The first-order chi connectivity index (χ1) is 16.7. The van der Waals surface area contributed by atoms with Crippen LogP contribution < -0.4 is 14.4 Å². The quantitative estimate of drug-likeness (QED) is 0.459. The van der Waals surface area contributed by atoms with Crippen LogP contribution in [0, 0.1) is 0 Å². The van der Waals surface area contributed by atoms with Crippen LogP contribution in [0.2, 0.25) is 10.0 Å². The van der Waals surface area contributed by atoms with E-state index in [9.17, 15) is 8.42 Å². The molecule has 2 aromatic carbocycles. The second kappa shape index (κ2) is 10.7. The summed E-state index contributed by atoms with van der Waals surface area (Å²) >= 11 is 12.1. The highest BCUT2D eigenvalue weighted by Crippen LogP contribution is 2.29. The van der Waals surface area contributed by atoms with Gasteiger partial charge in [0, 0.05) is 49.5 Å². The van der Waals surface area contributed by atoms with Crippen molar-refractivity contribution < 1.29 is 13.2 Å². The number of likely N-dealkylation sites (N-methyl/N-ethyl adjacent to an activating group) is 1. The molecule has 12 heteroatoms. The highest BCUT2D eigenvalue weighted by Gasteiger charge is 2.26. The predicted octanol–water partition coefficient (Wildman–Crippen LogP) is 4.19. The van der Waals surface area contributed by atoms with Crippen LogP contribution in [0.5, 0.6) is 11.8 Å². The molecule has 0 aliphatic carbocycles. The molecule has 0 bridgehead atoms. The van der Waals surface area contributed by atoms with Gasteiger partial charge in [-0.15, -0.1) is 5.10 Å². The van der Waals surface area contributed by atoms with Crippen LogP contribution >= 0.6 is 23.2 Å². The number of nitrogens with zero attached hydrogens (tertiary/aromatic N) is 5. The largest absolute Gasteiger partial charge is 0.424 e. The molecule has 2 heterocycles. The van der Waals surface area contributed by atoms with Gasteiger partial charge in [0.1, 0.15) is 10.6 Å². The third kappa shape index (κ3) is 5.90. The lowest BCUT2D eigenvalue weighted by Crippen LogP contribution is -2.44. The molecule has 0 radical (unpaired) electrons. The zero-order valence-electron chi connectivity index (χ0n) is 19.8. The Morgan fingerprint density at radius 2 is 1.83 bits per heavy atom. The summed E-state index contributed by atoms with van der Waals surface area (Å²) in [5.41, 5.74) is 1.08. The van der Waals surface area contributed by atoms with Gasteiger partial charge in [-0.1, -0.05) is 34.4 Å². The number of hydrogen-bond donors (Lipinski definition) is 1. The van der Waals surface area contributed by atoms with Crippen molar-refractivity contribution in [1.82, 2.24) is 24.4 Å². The smallest absolute Gasteiger partial charge is 0.322 e. The van der Waals surface area contributed by atoms with Crippen molar-refractivity contribution in [2.45, 2.75) is 31.3 Å². The fraction of sp³-hybridized carbons (Fsp3) is 0.391. The van der Waals surface area contributed by atoms with Gasteiger partial charge >= 0.3 is 6.01 Å². The Morgan fingerprint density at radius 3 is 2.54 bits per heavy atom. The molecule has 0 saturated carbocycles. The molecule has 0 amide bonds. The summed E-state index contributed by atoms with van der Waals surface area (Å²) in [4.78, 5) is 4.52. The molecule has 4 rings (SSSR count). The maximum Gasteiger partial charge on any atom is 0.322 e. The molecule has 1 aliphatic rings. The van der Waals surface area contributed by atoms with E-state index in [0.29, 0.717) is 18.1 Å². The number of rotatable bonds is 8. The summed E-state index contributed by atoms with van der Waals surface area (Å²) in [6, 6.07) is 11.7. The summed E-state index contributed by atoms with van der Waals surface area (Å²) in [5, 5.41) is 8.74. The van der Waals surface area contributed by atoms with Gasteiger partial charge in [-0.25, -0.2) is 13.1 Å². The van der Waals surface area contributed by atoms with Gasteiger partial charge < -0.3 is 14.5 Å². The molecule has 188 valence electrons. The molecule has 35 heavy (non-hydrogen) atoms. The normalized spacial score (nSPS) is 15.9. The van der Waals surface area contributed by atoms with E-state index in [2.05, 4.69) is 37.8 Å². The van der Waals surface area contributed by atoms with E-state index < -0.39 is 16.1 Å². The van der Waals surface area contributed by atoms with Crippen LogP contribution in [-0.2, 0) is 16.6 Å². The third-order valence-corrected chi connectivity index (χ3v) is 8.12. The van der Waals surface area contributed by atoms with Crippen LogP contribution in [0.1, 0.15) is 25.7 Å². The molecule has 0 unspecified atom stereocenters. The Morgan fingerprint density at radius 1 is 1.09 bits per heavy atom.